The number of amides is 2. The van der Waals surface area contributed by atoms with E-state index >= 15 is 0 Å². The summed E-state index contributed by atoms with van der Waals surface area (Å²) < 4.78 is 0. The number of thioether (sulfide) groups is 1. The fourth-order valence-corrected chi connectivity index (χ4v) is 3.45. The summed E-state index contributed by atoms with van der Waals surface area (Å²) in [6.07, 6.45) is 0.0654. The zero-order valence-corrected chi connectivity index (χ0v) is 15.0. The van der Waals surface area contributed by atoms with Crippen LogP contribution in [0.3, 0.4) is 0 Å². The Labute approximate surface area is 154 Å². The highest BCUT2D eigenvalue weighted by molar-refractivity contribution is 8.15. The highest BCUT2D eigenvalue weighted by atomic mass is 35.5. The first-order valence-corrected chi connectivity index (χ1v) is 8.94. The normalized spacial score (nSPS) is 18.2. The minimum atomic E-state index is -0.497. The number of hydrogen-bond acceptors (Lipinski definition) is 4. The Kier molecular flexibility index (Phi) is 5.40. The number of halogens is 1. The molecule has 7 heteroatoms. The first-order valence-electron chi connectivity index (χ1n) is 7.68. The Balaban J connectivity index is 1.61. The van der Waals surface area contributed by atoms with E-state index in [9.17, 15) is 9.59 Å². The summed E-state index contributed by atoms with van der Waals surface area (Å²) in [7, 11) is 0. The van der Waals surface area contributed by atoms with Gasteiger partial charge < -0.3 is 10.6 Å². The van der Waals surface area contributed by atoms with E-state index in [1.807, 2.05) is 31.2 Å². The van der Waals surface area contributed by atoms with Crippen molar-refractivity contribution < 1.29 is 9.59 Å². The molecule has 1 fully saturated rings. The van der Waals surface area contributed by atoms with Gasteiger partial charge in [0.25, 0.3) is 0 Å². The molecule has 2 amide bonds. The molecule has 0 radical (unpaired) electrons. The molecular weight excluding hydrogens is 358 g/mol. The minimum absolute atomic E-state index is 0.0654. The summed E-state index contributed by atoms with van der Waals surface area (Å²) in [6, 6.07) is 14.6. The third kappa shape index (κ3) is 4.84. The van der Waals surface area contributed by atoms with Crippen LogP contribution in [0.1, 0.15) is 12.0 Å². The molecule has 5 nitrogen and oxygen atoms in total. The molecule has 3 rings (SSSR count). The van der Waals surface area contributed by atoms with E-state index < -0.39 is 5.25 Å². The molecule has 0 spiro atoms. The number of rotatable bonds is 4. The van der Waals surface area contributed by atoms with E-state index in [1.54, 1.807) is 24.3 Å². The van der Waals surface area contributed by atoms with Gasteiger partial charge in [-0.15, -0.1) is 0 Å². The third-order valence-corrected chi connectivity index (χ3v) is 4.84. The van der Waals surface area contributed by atoms with Crippen molar-refractivity contribution in [1.82, 2.24) is 5.32 Å². The van der Waals surface area contributed by atoms with Crippen LogP contribution in [0.4, 0.5) is 11.4 Å². The summed E-state index contributed by atoms with van der Waals surface area (Å²) in [5.41, 5.74) is 2.51. The zero-order valence-electron chi connectivity index (χ0n) is 13.5. The Hall–Kier alpha value is -2.31. The second-order valence-electron chi connectivity index (χ2n) is 5.61. The molecule has 2 aromatic carbocycles. The Bertz CT molecular complexity index is 836. The first kappa shape index (κ1) is 17.5. The molecule has 1 saturated heterocycles. The maximum Gasteiger partial charge on any atom is 0.240 e. The van der Waals surface area contributed by atoms with Gasteiger partial charge in [-0.2, -0.15) is 0 Å². The van der Waals surface area contributed by atoms with Gasteiger partial charge in [0.15, 0.2) is 5.17 Å². The van der Waals surface area contributed by atoms with E-state index in [4.69, 9.17) is 11.6 Å². The number of carbonyl (C=O) groups excluding carboxylic acids is 2. The van der Waals surface area contributed by atoms with Crippen LogP contribution < -0.4 is 10.6 Å². The van der Waals surface area contributed by atoms with Gasteiger partial charge >= 0.3 is 0 Å². The standard InChI is InChI=1S/C18H16ClN3O2S/c1-11-5-7-13(8-6-11)21-18-22-17(24)15(25-18)10-16(23)20-14-4-2-3-12(19)9-14/h2-9,15H,10H2,1H3,(H,20,23)(H,21,22,24)/t15-/m1/s1. The predicted octanol–water partition coefficient (Wildman–Crippen LogP) is 3.90. The molecule has 0 unspecified atom stereocenters. The van der Waals surface area contributed by atoms with Crippen molar-refractivity contribution in [2.45, 2.75) is 18.6 Å². The lowest BCUT2D eigenvalue weighted by Crippen LogP contribution is -2.28. The fourth-order valence-electron chi connectivity index (χ4n) is 2.28. The Morgan fingerprint density at radius 2 is 2.04 bits per heavy atom. The van der Waals surface area contributed by atoms with Crippen LogP contribution in [0.15, 0.2) is 53.5 Å². The van der Waals surface area contributed by atoms with Crippen LogP contribution in [-0.4, -0.2) is 22.2 Å². The van der Waals surface area contributed by atoms with Crippen molar-refractivity contribution in [3.8, 4) is 0 Å². The van der Waals surface area contributed by atoms with Crippen LogP contribution in [0.25, 0.3) is 0 Å². The summed E-state index contributed by atoms with van der Waals surface area (Å²) in [4.78, 5) is 28.6. The number of nitrogens with zero attached hydrogens (tertiary/aromatic N) is 1. The number of nitrogens with one attached hydrogen (secondary N) is 2. The number of carbonyl (C=O) groups is 2. The monoisotopic (exact) mass is 373 g/mol. The van der Waals surface area contributed by atoms with E-state index in [0.717, 1.165) is 11.3 Å². The Morgan fingerprint density at radius 1 is 1.28 bits per heavy atom. The molecular formula is C18H16ClN3O2S. The van der Waals surface area contributed by atoms with Gasteiger partial charge in [0.2, 0.25) is 11.8 Å². The smallest absolute Gasteiger partial charge is 0.240 e. The summed E-state index contributed by atoms with van der Waals surface area (Å²) in [5.74, 6) is -0.455. The molecule has 1 atom stereocenters. The van der Waals surface area contributed by atoms with Crippen molar-refractivity contribution in [3.63, 3.8) is 0 Å². The summed E-state index contributed by atoms with van der Waals surface area (Å²) in [6.45, 7) is 2.00. The highest BCUT2D eigenvalue weighted by Gasteiger charge is 2.32. The SMILES string of the molecule is Cc1ccc(N=C2NC(=O)[C@@H](CC(=O)Nc3cccc(Cl)c3)S2)cc1. The molecule has 2 N–H and O–H groups in total. The van der Waals surface area contributed by atoms with Crippen LogP contribution in [0.5, 0.6) is 0 Å². The van der Waals surface area contributed by atoms with E-state index in [0.29, 0.717) is 15.9 Å². The van der Waals surface area contributed by atoms with Gasteiger partial charge in [-0.1, -0.05) is 47.1 Å². The largest absolute Gasteiger partial charge is 0.326 e. The molecule has 1 heterocycles. The third-order valence-electron chi connectivity index (χ3n) is 3.52. The van der Waals surface area contributed by atoms with Crippen LogP contribution in [-0.2, 0) is 9.59 Å². The molecule has 1 aliphatic heterocycles. The van der Waals surface area contributed by atoms with Crippen molar-refractivity contribution in [2.75, 3.05) is 5.32 Å². The fraction of sp³-hybridized carbons (Fsp3) is 0.167. The number of hydrogen-bond donors (Lipinski definition) is 2. The van der Waals surface area contributed by atoms with Crippen molar-refractivity contribution >= 4 is 51.7 Å². The van der Waals surface area contributed by atoms with Gasteiger partial charge in [-0.25, -0.2) is 4.99 Å². The number of aryl methyl sites for hydroxylation is 1. The topological polar surface area (TPSA) is 70.6 Å². The molecule has 0 saturated carbocycles. The number of aliphatic imine (C=N–C) groups is 1. The van der Waals surface area contributed by atoms with Crippen LogP contribution >= 0.6 is 23.4 Å². The minimum Gasteiger partial charge on any atom is -0.326 e. The second kappa shape index (κ2) is 7.72. The van der Waals surface area contributed by atoms with E-state index in [1.165, 1.54) is 11.8 Å². The first-order chi connectivity index (χ1) is 12.0. The number of benzene rings is 2. The lowest BCUT2D eigenvalue weighted by atomic mass is 10.2. The maximum atomic E-state index is 12.1. The molecule has 2 aromatic rings. The maximum absolute atomic E-state index is 12.1. The molecule has 128 valence electrons. The van der Waals surface area contributed by atoms with E-state index in [-0.39, 0.29) is 18.2 Å². The van der Waals surface area contributed by atoms with Crippen molar-refractivity contribution in [3.05, 3.63) is 59.1 Å². The van der Waals surface area contributed by atoms with Gasteiger partial charge in [0.1, 0.15) is 5.25 Å². The van der Waals surface area contributed by atoms with Gasteiger partial charge in [0, 0.05) is 17.1 Å². The molecule has 0 bridgehead atoms. The predicted molar refractivity (Wildman–Crippen MR) is 102 cm³/mol. The molecule has 1 aliphatic rings. The van der Waals surface area contributed by atoms with Crippen LogP contribution in [0, 0.1) is 6.92 Å². The Morgan fingerprint density at radius 3 is 2.76 bits per heavy atom. The zero-order chi connectivity index (χ0) is 17.8. The van der Waals surface area contributed by atoms with E-state index in [2.05, 4.69) is 15.6 Å². The van der Waals surface area contributed by atoms with Crippen molar-refractivity contribution in [1.29, 1.82) is 0 Å². The average Bonchev–Trinajstić information content (AvgIpc) is 2.89. The van der Waals surface area contributed by atoms with Gasteiger partial charge in [-0.05, 0) is 37.3 Å². The lowest BCUT2D eigenvalue weighted by molar-refractivity contribution is -0.122. The summed E-state index contributed by atoms with van der Waals surface area (Å²) in [5, 5.41) is 6.01. The van der Waals surface area contributed by atoms with Gasteiger partial charge in [0.05, 0.1) is 5.69 Å². The summed E-state index contributed by atoms with van der Waals surface area (Å²) >= 11 is 7.15. The number of anilines is 1. The second-order valence-corrected chi connectivity index (χ2v) is 7.24. The quantitative estimate of drug-likeness (QED) is 0.853. The molecule has 25 heavy (non-hydrogen) atoms. The molecule has 0 aromatic heterocycles. The highest BCUT2D eigenvalue weighted by Crippen LogP contribution is 2.26. The average molecular weight is 374 g/mol. The van der Waals surface area contributed by atoms with Crippen molar-refractivity contribution in [2.24, 2.45) is 4.99 Å². The van der Waals surface area contributed by atoms with Gasteiger partial charge in [-0.3, -0.25) is 9.59 Å². The van der Waals surface area contributed by atoms with Crippen LogP contribution in [0.2, 0.25) is 5.02 Å². The lowest BCUT2D eigenvalue weighted by Gasteiger charge is -2.07. The number of amidine groups is 1. The molecule has 0 aliphatic carbocycles.